The van der Waals surface area contributed by atoms with Crippen molar-refractivity contribution in [2.75, 3.05) is 6.61 Å². The Labute approximate surface area is 124 Å². The van der Waals surface area contributed by atoms with Crippen molar-refractivity contribution in [3.8, 4) is 5.75 Å². The highest BCUT2D eigenvalue weighted by Gasteiger charge is 2.25. The summed E-state index contributed by atoms with van der Waals surface area (Å²) in [6.45, 7) is 0.523. The van der Waals surface area contributed by atoms with Gasteiger partial charge in [0, 0.05) is 12.0 Å². The summed E-state index contributed by atoms with van der Waals surface area (Å²) in [6.07, 6.45) is 0.644. The van der Waals surface area contributed by atoms with Gasteiger partial charge in [0.1, 0.15) is 5.75 Å². The molecule has 1 aliphatic heterocycles. The average Bonchev–Trinajstić information content (AvgIpc) is 2.48. The number of nitrogens with one attached hydrogen (secondary N) is 1. The Kier molecular flexibility index (Phi) is 3.94. The van der Waals surface area contributed by atoms with Crippen LogP contribution in [0, 0.1) is 0 Å². The topological polar surface area (TPSA) is 55.4 Å². The molecule has 2 aromatic rings. The molecule has 3 rings (SSSR count). The van der Waals surface area contributed by atoms with E-state index in [-0.39, 0.29) is 11.8 Å². The minimum Gasteiger partial charge on any atom is -0.493 e. The van der Waals surface area contributed by atoms with Gasteiger partial charge in [0.05, 0.1) is 18.4 Å². The molecule has 1 N–H and O–H groups in total. The largest absolute Gasteiger partial charge is 0.493 e. The number of ether oxygens (including phenoxy) is 1. The van der Waals surface area contributed by atoms with Gasteiger partial charge in [-0.3, -0.25) is 0 Å². The zero-order valence-electron chi connectivity index (χ0n) is 11.5. The number of sulfonamides is 1. The molecule has 1 heterocycles. The maximum absolute atomic E-state index is 12.3. The van der Waals surface area contributed by atoms with E-state index in [9.17, 15) is 8.42 Å². The molecule has 0 spiro atoms. The summed E-state index contributed by atoms with van der Waals surface area (Å²) in [5.74, 6) is 0.754. The molecule has 0 amide bonds. The third-order valence-corrected chi connectivity index (χ3v) is 4.84. The van der Waals surface area contributed by atoms with Crippen LogP contribution >= 0.6 is 0 Å². The zero-order valence-corrected chi connectivity index (χ0v) is 12.3. The van der Waals surface area contributed by atoms with E-state index in [1.807, 2.05) is 54.6 Å². The van der Waals surface area contributed by atoms with Crippen molar-refractivity contribution < 1.29 is 13.2 Å². The lowest BCUT2D eigenvalue weighted by Crippen LogP contribution is -2.33. The van der Waals surface area contributed by atoms with Gasteiger partial charge in [0.2, 0.25) is 10.0 Å². The maximum atomic E-state index is 12.3. The van der Waals surface area contributed by atoms with Crippen molar-refractivity contribution in [3.63, 3.8) is 0 Å². The summed E-state index contributed by atoms with van der Waals surface area (Å²) in [4.78, 5) is 0. The first-order valence-electron chi connectivity index (χ1n) is 6.90. The molecule has 21 heavy (non-hydrogen) atoms. The highest BCUT2D eigenvalue weighted by Crippen LogP contribution is 2.32. The molecule has 0 aromatic heterocycles. The maximum Gasteiger partial charge on any atom is 0.216 e. The number of para-hydroxylation sites is 1. The Morgan fingerprint density at radius 3 is 2.57 bits per heavy atom. The summed E-state index contributed by atoms with van der Waals surface area (Å²) >= 11 is 0. The Morgan fingerprint density at radius 2 is 1.76 bits per heavy atom. The van der Waals surface area contributed by atoms with Gasteiger partial charge in [0.15, 0.2) is 0 Å². The average molecular weight is 303 g/mol. The van der Waals surface area contributed by atoms with Gasteiger partial charge < -0.3 is 4.74 Å². The summed E-state index contributed by atoms with van der Waals surface area (Å²) in [5, 5.41) is 0. The number of rotatable bonds is 4. The van der Waals surface area contributed by atoms with Crippen molar-refractivity contribution in [3.05, 3.63) is 65.7 Å². The summed E-state index contributed by atoms with van der Waals surface area (Å²) < 4.78 is 33.0. The highest BCUT2D eigenvalue weighted by atomic mass is 32.2. The van der Waals surface area contributed by atoms with Crippen molar-refractivity contribution >= 4 is 10.0 Å². The van der Waals surface area contributed by atoms with Crippen LogP contribution in [0.3, 0.4) is 0 Å². The predicted molar refractivity (Wildman–Crippen MR) is 81.5 cm³/mol. The van der Waals surface area contributed by atoms with Crippen LogP contribution in [-0.4, -0.2) is 15.0 Å². The van der Waals surface area contributed by atoms with E-state index in [4.69, 9.17) is 4.74 Å². The second kappa shape index (κ2) is 5.87. The Balaban J connectivity index is 1.78. The van der Waals surface area contributed by atoms with E-state index < -0.39 is 10.0 Å². The predicted octanol–water partition coefficient (Wildman–Crippen LogP) is 2.63. The quantitative estimate of drug-likeness (QED) is 0.944. The van der Waals surface area contributed by atoms with Crippen LogP contribution in [0.15, 0.2) is 54.6 Å². The minimum atomic E-state index is -3.38. The van der Waals surface area contributed by atoms with Crippen molar-refractivity contribution in [2.24, 2.45) is 0 Å². The van der Waals surface area contributed by atoms with E-state index in [1.54, 1.807) is 0 Å². The fourth-order valence-corrected chi connectivity index (χ4v) is 3.91. The molecule has 0 radical (unpaired) electrons. The normalized spacial score (nSPS) is 17.8. The lowest BCUT2D eigenvalue weighted by molar-refractivity contribution is 0.263. The molecule has 1 aliphatic rings. The molecule has 0 unspecified atom stereocenters. The Bertz CT molecular complexity index is 713. The molecule has 2 aromatic carbocycles. The van der Waals surface area contributed by atoms with Crippen LogP contribution in [0.5, 0.6) is 5.75 Å². The van der Waals surface area contributed by atoms with Crippen LogP contribution < -0.4 is 9.46 Å². The molecule has 110 valence electrons. The van der Waals surface area contributed by atoms with Crippen molar-refractivity contribution in [2.45, 2.75) is 18.2 Å². The SMILES string of the molecule is O=S(=O)(Cc1ccccc1)N[C@@H]1CCOc2ccccc21. The fraction of sp³-hybridized carbons (Fsp3) is 0.250. The van der Waals surface area contributed by atoms with E-state index in [1.165, 1.54) is 0 Å². The lowest BCUT2D eigenvalue weighted by atomic mass is 10.0. The van der Waals surface area contributed by atoms with Gasteiger partial charge in [-0.15, -0.1) is 0 Å². The first kappa shape index (κ1) is 14.1. The molecular weight excluding hydrogens is 286 g/mol. The molecule has 5 heteroatoms. The fourth-order valence-electron chi connectivity index (χ4n) is 2.52. The number of hydrogen-bond acceptors (Lipinski definition) is 3. The van der Waals surface area contributed by atoms with E-state index in [2.05, 4.69) is 4.72 Å². The number of fused-ring (bicyclic) bond motifs is 1. The third-order valence-electron chi connectivity index (χ3n) is 3.48. The summed E-state index contributed by atoms with van der Waals surface area (Å²) in [5.41, 5.74) is 1.69. The summed E-state index contributed by atoms with van der Waals surface area (Å²) in [7, 11) is -3.38. The van der Waals surface area contributed by atoms with Crippen LogP contribution in [0.25, 0.3) is 0 Å². The smallest absolute Gasteiger partial charge is 0.216 e. The second-order valence-electron chi connectivity index (χ2n) is 5.09. The van der Waals surface area contributed by atoms with Gasteiger partial charge >= 0.3 is 0 Å². The standard InChI is InChI=1S/C16H17NO3S/c18-21(19,12-13-6-2-1-3-7-13)17-15-10-11-20-16-9-5-4-8-14(15)16/h1-9,15,17H,10-12H2/t15-/m1/s1. The van der Waals surface area contributed by atoms with E-state index >= 15 is 0 Å². The molecule has 0 aliphatic carbocycles. The molecular formula is C16H17NO3S. The molecule has 0 fully saturated rings. The Hall–Kier alpha value is -1.85. The van der Waals surface area contributed by atoms with Gasteiger partial charge in [0.25, 0.3) is 0 Å². The van der Waals surface area contributed by atoms with E-state index in [0.29, 0.717) is 13.0 Å². The molecule has 0 bridgehead atoms. The van der Waals surface area contributed by atoms with Crippen LogP contribution in [-0.2, 0) is 15.8 Å². The number of benzene rings is 2. The zero-order chi connectivity index (χ0) is 14.7. The highest BCUT2D eigenvalue weighted by molar-refractivity contribution is 7.88. The van der Waals surface area contributed by atoms with Crippen LogP contribution in [0.4, 0.5) is 0 Å². The van der Waals surface area contributed by atoms with Crippen LogP contribution in [0.2, 0.25) is 0 Å². The van der Waals surface area contributed by atoms with Gasteiger partial charge in [-0.25, -0.2) is 13.1 Å². The molecule has 0 saturated heterocycles. The van der Waals surface area contributed by atoms with E-state index in [0.717, 1.165) is 16.9 Å². The first-order valence-corrected chi connectivity index (χ1v) is 8.55. The van der Waals surface area contributed by atoms with Gasteiger partial charge in [-0.1, -0.05) is 48.5 Å². The van der Waals surface area contributed by atoms with Gasteiger partial charge in [-0.2, -0.15) is 0 Å². The molecule has 0 saturated carbocycles. The van der Waals surface area contributed by atoms with Gasteiger partial charge in [-0.05, 0) is 11.6 Å². The van der Waals surface area contributed by atoms with Crippen molar-refractivity contribution in [1.29, 1.82) is 0 Å². The Morgan fingerprint density at radius 1 is 1.05 bits per heavy atom. The number of hydrogen-bond donors (Lipinski definition) is 1. The summed E-state index contributed by atoms with van der Waals surface area (Å²) in [6, 6.07) is 16.5. The van der Waals surface area contributed by atoms with Crippen LogP contribution in [0.1, 0.15) is 23.6 Å². The lowest BCUT2D eigenvalue weighted by Gasteiger charge is -2.26. The van der Waals surface area contributed by atoms with Crippen molar-refractivity contribution in [1.82, 2.24) is 4.72 Å². The first-order chi connectivity index (χ1) is 10.1. The molecule has 4 nitrogen and oxygen atoms in total. The third kappa shape index (κ3) is 3.43. The monoisotopic (exact) mass is 303 g/mol. The second-order valence-corrected chi connectivity index (χ2v) is 6.84. The molecule has 1 atom stereocenters. The minimum absolute atomic E-state index is 0.00658.